The van der Waals surface area contributed by atoms with Crippen LogP contribution in [0.1, 0.15) is 29.6 Å². The van der Waals surface area contributed by atoms with Gasteiger partial charge in [0.1, 0.15) is 0 Å². The molecule has 0 fully saturated rings. The van der Waals surface area contributed by atoms with Gasteiger partial charge in [-0.1, -0.05) is 24.3 Å². The minimum Gasteiger partial charge on any atom is -0.378 e. The average Bonchev–Trinajstić information content (AvgIpc) is 2.84. The van der Waals surface area contributed by atoms with Gasteiger partial charge >= 0.3 is 0 Å². The highest BCUT2D eigenvalue weighted by Crippen LogP contribution is 2.39. The lowest BCUT2D eigenvalue weighted by Crippen LogP contribution is -2.10. The van der Waals surface area contributed by atoms with Crippen molar-refractivity contribution in [3.63, 3.8) is 0 Å². The average molecular weight is 276 g/mol. The van der Waals surface area contributed by atoms with E-state index in [-0.39, 0.29) is 12.1 Å². The van der Waals surface area contributed by atoms with Crippen LogP contribution in [0.4, 0.5) is 5.69 Å². The third-order valence-electron chi connectivity index (χ3n) is 4.07. The van der Waals surface area contributed by atoms with E-state index in [0.717, 1.165) is 23.1 Å². The molecule has 0 bridgehead atoms. The van der Waals surface area contributed by atoms with Crippen molar-refractivity contribution in [2.24, 2.45) is 5.73 Å². The Labute approximate surface area is 123 Å². The molecule has 0 saturated heterocycles. The normalized spacial score (nSPS) is 20.4. The van der Waals surface area contributed by atoms with Crippen LogP contribution in [0, 0.1) is 0 Å². The summed E-state index contributed by atoms with van der Waals surface area (Å²) >= 11 is 0. The number of hydrogen-bond donors (Lipinski definition) is 2. The molecule has 4 nitrogen and oxygen atoms in total. The minimum absolute atomic E-state index is 0.110. The lowest BCUT2D eigenvalue weighted by Gasteiger charge is -2.15. The number of aromatic nitrogens is 2. The van der Waals surface area contributed by atoms with Crippen molar-refractivity contribution in [1.29, 1.82) is 0 Å². The molecule has 1 heterocycles. The van der Waals surface area contributed by atoms with Crippen LogP contribution in [0.25, 0.3) is 11.0 Å². The molecular formula is C17H16N4. The van der Waals surface area contributed by atoms with Gasteiger partial charge in [-0.05, 0) is 35.7 Å². The monoisotopic (exact) mass is 276 g/mol. The molecule has 21 heavy (non-hydrogen) atoms. The van der Waals surface area contributed by atoms with Crippen molar-refractivity contribution < 1.29 is 0 Å². The summed E-state index contributed by atoms with van der Waals surface area (Å²) in [6.07, 6.45) is 4.34. The largest absolute Gasteiger partial charge is 0.378 e. The maximum absolute atomic E-state index is 6.22. The van der Waals surface area contributed by atoms with Gasteiger partial charge in [0.25, 0.3) is 0 Å². The first-order chi connectivity index (χ1) is 10.3. The third kappa shape index (κ3) is 2.14. The van der Waals surface area contributed by atoms with Gasteiger partial charge in [-0.2, -0.15) is 0 Å². The Morgan fingerprint density at radius 1 is 0.952 bits per heavy atom. The molecule has 0 amide bonds. The molecule has 0 saturated carbocycles. The van der Waals surface area contributed by atoms with Crippen molar-refractivity contribution >= 4 is 16.7 Å². The standard InChI is InChI=1S/C17H16N4/c18-14-10-16(13-4-2-1-3-12(13)14)21-11-5-6-15-17(9-11)20-8-7-19-15/h1-9,14,16,21H,10,18H2. The third-order valence-corrected chi connectivity index (χ3v) is 4.07. The topological polar surface area (TPSA) is 63.8 Å². The van der Waals surface area contributed by atoms with E-state index < -0.39 is 0 Å². The molecule has 0 aliphatic heterocycles. The van der Waals surface area contributed by atoms with E-state index in [2.05, 4.69) is 33.5 Å². The molecule has 3 aromatic rings. The zero-order valence-corrected chi connectivity index (χ0v) is 11.5. The van der Waals surface area contributed by atoms with E-state index in [1.807, 2.05) is 24.3 Å². The van der Waals surface area contributed by atoms with Crippen LogP contribution in [0.3, 0.4) is 0 Å². The van der Waals surface area contributed by atoms with Crippen LogP contribution < -0.4 is 11.1 Å². The molecule has 2 unspecified atom stereocenters. The fraction of sp³-hybridized carbons (Fsp3) is 0.176. The molecule has 1 aromatic heterocycles. The predicted molar refractivity (Wildman–Crippen MR) is 83.9 cm³/mol. The Kier molecular flexibility index (Phi) is 2.82. The van der Waals surface area contributed by atoms with Gasteiger partial charge < -0.3 is 11.1 Å². The molecule has 2 aromatic carbocycles. The van der Waals surface area contributed by atoms with Gasteiger partial charge in [-0.15, -0.1) is 0 Å². The van der Waals surface area contributed by atoms with Crippen LogP contribution in [-0.2, 0) is 0 Å². The number of nitrogens with zero attached hydrogens (tertiary/aromatic N) is 2. The van der Waals surface area contributed by atoms with E-state index in [9.17, 15) is 0 Å². The Morgan fingerprint density at radius 3 is 2.57 bits per heavy atom. The summed E-state index contributed by atoms with van der Waals surface area (Å²) in [7, 11) is 0. The summed E-state index contributed by atoms with van der Waals surface area (Å²) in [5.74, 6) is 0. The minimum atomic E-state index is 0.110. The van der Waals surface area contributed by atoms with Crippen molar-refractivity contribution in [3.05, 3.63) is 66.0 Å². The number of hydrogen-bond acceptors (Lipinski definition) is 4. The summed E-state index contributed by atoms with van der Waals surface area (Å²) in [5, 5.41) is 3.57. The molecule has 3 N–H and O–H groups in total. The van der Waals surface area contributed by atoms with E-state index in [1.54, 1.807) is 12.4 Å². The van der Waals surface area contributed by atoms with Crippen LogP contribution in [0.5, 0.6) is 0 Å². The predicted octanol–water partition coefficient (Wildman–Crippen LogP) is 3.19. The maximum atomic E-state index is 6.22. The second kappa shape index (κ2) is 4.82. The summed E-state index contributed by atoms with van der Waals surface area (Å²) in [6, 6.07) is 14.8. The van der Waals surface area contributed by atoms with Gasteiger partial charge in [0.05, 0.1) is 17.1 Å². The molecule has 4 rings (SSSR count). The molecule has 0 spiro atoms. The first-order valence-electron chi connectivity index (χ1n) is 7.13. The molecule has 1 aliphatic rings. The summed E-state index contributed by atoms with van der Waals surface area (Å²) < 4.78 is 0. The van der Waals surface area contributed by atoms with Crippen LogP contribution in [-0.4, -0.2) is 9.97 Å². The Balaban J connectivity index is 1.66. The number of rotatable bonds is 2. The first-order valence-corrected chi connectivity index (χ1v) is 7.13. The Hall–Kier alpha value is -2.46. The summed E-state index contributed by atoms with van der Waals surface area (Å²) in [6.45, 7) is 0. The highest BCUT2D eigenvalue weighted by molar-refractivity contribution is 5.78. The molecule has 104 valence electrons. The number of nitrogens with two attached hydrogens (primary N) is 1. The van der Waals surface area contributed by atoms with E-state index in [0.29, 0.717) is 0 Å². The molecule has 1 aliphatic carbocycles. The number of benzene rings is 2. The Morgan fingerprint density at radius 2 is 1.71 bits per heavy atom. The zero-order chi connectivity index (χ0) is 14.2. The van der Waals surface area contributed by atoms with Gasteiger partial charge in [-0.25, -0.2) is 0 Å². The number of fused-ring (bicyclic) bond motifs is 2. The lowest BCUT2D eigenvalue weighted by molar-refractivity contribution is 0.649. The zero-order valence-electron chi connectivity index (χ0n) is 11.5. The smallest absolute Gasteiger partial charge is 0.0907 e. The van der Waals surface area contributed by atoms with E-state index >= 15 is 0 Å². The van der Waals surface area contributed by atoms with Crippen LogP contribution in [0.15, 0.2) is 54.9 Å². The van der Waals surface area contributed by atoms with Crippen molar-refractivity contribution in [1.82, 2.24) is 9.97 Å². The van der Waals surface area contributed by atoms with Gasteiger partial charge in [0.15, 0.2) is 0 Å². The van der Waals surface area contributed by atoms with E-state index in [4.69, 9.17) is 5.73 Å². The second-order valence-corrected chi connectivity index (χ2v) is 5.43. The molecule has 2 atom stereocenters. The highest BCUT2D eigenvalue weighted by atomic mass is 14.9. The first kappa shape index (κ1) is 12.3. The van der Waals surface area contributed by atoms with Crippen molar-refractivity contribution in [2.75, 3.05) is 5.32 Å². The molecule has 0 radical (unpaired) electrons. The molecule has 4 heteroatoms. The van der Waals surface area contributed by atoms with Gasteiger partial charge in [-0.3, -0.25) is 9.97 Å². The van der Waals surface area contributed by atoms with E-state index in [1.165, 1.54) is 11.1 Å². The second-order valence-electron chi connectivity index (χ2n) is 5.43. The maximum Gasteiger partial charge on any atom is 0.0907 e. The van der Waals surface area contributed by atoms with Crippen LogP contribution in [0.2, 0.25) is 0 Å². The quantitative estimate of drug-likeness (QED) is 0.754. The summed E-state index contributed by atoms with van der Waals surface area (Å²) in [4.78, 5) is 8.64. The van der Waals surface area contributed by atoms with Crippen LogP contribution >= 0.6 is 0 Å². The fourth-order valence-electron chi connectivity index (χ4n) is 3.06. The van der Waals surface area contributed by atoms with Crippen molar-refractivity contribution in [3.8, 4) is 0 Å². The summed E-state index contributed by atoms with van der Waals surface area (Å²) in [5.41, 5.74) is 11.6. The fourth-order valence-corrected chi connectivity index (χ4v) is 3.06. The Bertz CT molecular complexity index is 799. The lowest BCUT2D eigenvalue weighted by atomic mass is 10.1. The van der Waals surface area contributed by atoms with Gasteiger partial charge in [0.2, 0.25) is 0 Å². The number of anilines is 1. The number of nitrogens with one attached hydrogen (secondary N) is 1. The van der Waals surface area contributed by atoms with Gasteiger partial charge in [0, 0.05) is 24.1 Å². The highest BCUT2D eigenvalue weighted by Gasteiger charge is 2.27. The SMILES string of the molecule is NC1CC(Nc2ccc3nccnc3c2)c2ccccc21. The molecular weight excluding hydrogens is 260 g/mol. The van der Waals surface area contributed by atoms with Crippen molar-refractivity contribution in [2.45, 2.75) is 18.5 Å².